The molecule has 3 fully saturated rings. The van der Waals surface area contributed by atoms with E-state index in [9.17, 15) is 24.3 Å². The predicted molar refractivity (Wildman–Crippen MR) is 139 cm³/mol. The maximum absolute atomic E-state index is 13.8. The number of hydrogen-bond donors (Lipinski definition) is 1. The van der Waals surface area contributed by atoms with Crippen molar-refractivity contribution >= 4 is 62.8 Å². The Kier molecular flexibility index (Phi) is 5.87. The van der Waals surface area contributed by atoms with Gasteiger partial charge < -0.3 is 9.84 Å². The van der Waals surface area contributed by atoms with Gasteiger partial charge in [-0.15, -0.1) is 23.2 Å². The van der Waals surface area contributed by atoms with Gasteiger partial charge in [-0.25, -0.2) is 0 Å². The van der Waals surface area contributed by atoms with Gasteiger partial charge in [0.25, 0.3) is 11.8 Å². The van der Waals surface area contributed by atoms with Gasteiger partial charge in [-0.1, -0.05) is 27.6 Å². The number of alkyl halides is 2. The number of nitrogens with zero attached hydrogens (tertiary/aromatic N) is 2. The number of amides is 4. The van der Waals surface area contributed by atoms with Crippen molar-refractivity contribution in [3.05, 3.63) is 33.8 Å². The first kappa shape index (κ1) is 26.5. The minimum atomic E-state index is -1.98. The molecule has 0 radical (unpaired) electrons. The number of rotatable bonds is 2. The van der Waals surface area contributed by atoms with Crippen LogP contribution in [-0.2, 0) is 19.2 Å². The molecular weight excluding hydrogens is 587 g/mol. The van der Waals surface area contributed by atoms with Crippen LogP contribution in [0.3, 0.4) is 0 Å². The number of phenols is 1. The van der Waals surface area contributed by atoms with Gasteiger partial charge in [-0.3, -0.25) is 29.0 Å². The van der Waals surface area contributed by atoms with Crippen LogP contribution in [0.15, 0.2) is 28.3 Å². The van der Waals surface area contributed by atoms with Crippen LogP contribution in [-0.4, -0.2) is 68.0 Å². The van der Waals surface area contributed by atoms with E-state index in [2.05, 4.69) is 15.9 Å². The third kappa shape index (κ3) is 3.26. The van der Waals surface area contributed by atoms with Crippen molar-refractivity contribution in [3.63, 3.8) is 0 Å². The number of methoxy groups -OCH3 is 1. The third-order valence-corrected chi connectivity index (χ3v) is 10.2. The molecule has 0 spiro atoms. The van der Waals surface area contributed by atoms with Crippen LogP contribution in [0.25, 0.3) is 0 Å². The molecule has 1 N–H and O–H groups in total. The van der Waals surface area contributed by atoms with E-state index in [0.717, 1.165) is 4.90 Å². The second kappa shape index (κ2) is 8.20. The van der Waals surface area contributed by atoms with Crippen LogP contribution in [0.5, 0.6) is 11.5 Å². The fourth-order valence-electron chi connectivity index (χ4n) is 6.72. The summed E-state index contributed by atoms with van der Waals surface area (Å²) >= 11 is 17.7. The lowest BCUT2D eigenvalue weighted by molar-refractivity contribution is -0.146. The minimum absolute atomic E-state index is 0.0978. The van der Waals surface area contributed by atoms with E-state index < -0.39 is 50.8 Å². The molecule has 2 aliphatic carbocycles. The smallest absolute Gasteiger partial charge is 0.253 e. The summed E-state index contributed by atoms with van der Waals surface area (Å²) in [5.74, 6) is -5.17. The Labute approximate surface area is 233 Å². The van der Waals surface area contributed by atoms with Gasteiger partial charge in [0, 0.05) is 28.5 Å². The SMILES string of the molecule is COc1cc(Br)cc(C2C3=CCC4C(=O)N(C(C)(C)C)C(=O)C4C3CC3(Cl)C(=O)N(C)C(=O)C23Cl)c1O. The summed E-state index contributed by atoms with van der Waals surface area (Å²) in [6, 6.07) is 3.17. The van der Waals surface area contributed by atoms with E-state index in [4.69, 9.17) is 27.9 Å². The van der Waals surface area contributed by atoms with E-state index in [1.54, 1.807) is 32.9 Å². The quantitative estimate of drug-likeness (QED) is 0.308. The van der Waals surface area contributed by atoms with Crippen molar-refractivity contribution < 1.29 is 29.0 Å². The monoisotopic (exact) mass is 612 g/mol. The highest BCUT2D eigenvalue weighted by Gasteiger charge is 2.76. The molecule has 4 amide bonds. The van der Waals surface area contributed by atoms with Crippen LogP contribution >= 0.6 is 39.1 Å². The Hall–Kier alpha value is -2.10. The van der Waals surface area contributed by atoms with Gasteiger partial charge in [0.05, 0.1) is 18.9 Å². The molecule has 1 aromatic carbocycles. The van der Waals surface area contributed by atoms with Crippen LogP contribution in [0, 0.1) is 17.8 Å². The standard InChI is InChI=1S/C26H27BrCl2N2O6/c1-24(2,3)31-20(33)13-7-6-12-15(17(13)21(31)34)10-25(28)22(35)30(4)23(36)26(25,29)18(12)14-8-11(27)9-16(37-5)19(14)32/h6,8-9,13,15,17-18,32H,7,10H2,1-5H3. The van der Waals surface area contributed by atoms with E-state index in [1.165, 1.54) is 19.1 Å². The van der Waals surface area contributed by atoms with E-state index in [0.29, 0.717) is 10.0 Å². The molecule has 0 aromatic heterocycles. The zero-order chi connectivity index (χ0) is 27.4. The summed E-state index contributed by atoms with van der Waals surface area (Å²) in [6.45, 7) is 5.39. The van der Waals surface area contributed by atoms with Crippen LogP contribution in [0.2, 0.25) is 0 Å². The largest absolute Gasteiger partial charge is 0.504 e. The van der Waals surface area contributed by atoms with Crippen LogP contribution in [0.1, 0.15) is 45.1 Å². The van der Waals surface area contributed by atoms with Crippen molar-refractivity contribution in [3.8, 4) is 11.5 Å². The highest BCUT2D eigenvalue weighted by Crippen LogP contribution is 2.66. The summed E-state index contributed by atoms with van der Waals surface area (Å²) in [4.78, 5) is 52.6. The highest BCUT2D eigenvalue weighted by atomic mass is 79.9. The van der Waals surface area contributed by atoms with Crippen molar-refractivity contribution in [1.82, 2.24) is 9.80 Å². The van der Waals surface area contributed by atoms with Gasteiger partial charge in [-0.2, -0.15) is 0 Å². The molecule has 1 saturated carbocycles. The Morgan fingerprint density at radius 2 is 1.73 bits per heavy atom. The summed E-state index contributed by atoms with van der Waals surface area (Å²) in [7, 11) is 2.71. The molecule has 37 heavy (non-hydrogen) atoms. The Morgan fingerprint density at radius 1 is 1.08 bits per heavy atom. The maximum Gasteiger partial charge on any atom is 0.253 e. The van der Waals surface area contributed by atoms with Gasteiger partial charge in [-0.05, 0) is 51.7 Å². The number of allylic oxidation sites excluding steroid dienone is 2. The molecule has 4 aliphatic rings. The van der Waals surface area contributed by atoms with E-state index in [1.807, 2.05) is 6.08 Å². The average Bonchev–Trinajstić information content (AvgIpc) is 3.15. The molecule has 6 unspecified atom stereocenters. The molecular formula is C26H27BrCl2N2O6. The number of halogens is 3. The molecule has 8 nitrogen and oxygen atoms in total. The van der Waals surface area contributed by atoms with Gasteiger partial charge in [0.15, 0.2) is 21.2 Å². The lowest BCUT2D eigenvalue weighted by Gasteiger charge is -2.50. The number of fused-ring (bicyclic) bond motifs is 4. The number of carbonyl (C=O) groups is 4. The maximum atomic E-state index is 13.8. The first-order valence-electron chi connectivity index (χ1n) is 12.0. The van der Waals surface area contributed by atoms with Crippen molar-refractivity contribution in [2.24, 2.45) is 17.8 Å². The normalized spacial score (nSPS) is 35.4. The summed E-state index contributed by atoms with van der Waals surface area (Å²) in [5, 5.41) is 11.2. The lowest BCUT2D eigenvalue weighted by atomic mass is 9.56. The molecule has 5 rings (SSSR count). The molecule has 6 atom stereocenters. The van der Waals surface area contributed by atoms with Crippen molar-refractivity contribution in [2.45, 2.75) is 54.8 Å². The molecule has 2 aliphatic heterocycles. The molecule has 2 saturated heterocycles. The third-order valence-electron chi connectivity index (χ3n) is 8.29. The number of carbonyl (C=O) groups excluding carboxylic acids is 4. The number of aromatic hydroxyl groups is 1. The topological polar surface area (TPSA) is 104 Å². The molecule has 2 heterocycles. The fourth-order valence-corrected chi connectivity index (χ4v) is 8.19. The first-order chi connectivity index (χ1) is 17.1. The summed E-state index contributed by atoms with van der Waals surface area (Å²) in [5.41, 5.74) is 0.113. The Morgan fingerprint density at radius 3 is 2.32 bits per heavy atom. The molecule has 1 aromatic rings. The van der Waals surface area contributed by atoms with Gasteiger partial charge >= 0.3 is 0 Å². The lowest BCUT2D eigenvalue weighted by Crippen LogP contribution is -2.60. The van der Waals surface area contributed by atoms with E-state index >= 15 is 0 Å². The highest BCUT2D eigenvalue weighted by molar-refractivity contribution is 9.10. The van der Waals surface area contributed by atoms with Crippen LogP contribution in [0.4, 0.5) is 0 Å². The molecule has 0 bridgehead atoms. The summed E-state index contributed by atoms with van der Waals surface area (Å²) < 4.78 is 5.89. The predicted octanol–water partition coefficient (Wildman–Crippen LogP) is 3.95. The van der Waals surface area contributed by atoms with Gasteiger partial charge in [0.1, 0.15) is 0 Å². The van der Waals surface area contributed by atoms with Crippen LogP contribution < -0.4 is 4.74 Å². The second-order valence-electron chi connectivity index (χ2n) is 11.2. The number of ether oxygens (including phenoxy) is 1. The second-order valence-corrected chi connectivity index (χ2v) is 13.4. The van der Waals surface area contributed by atoms with Gasteiger partial charge in [0.2, 0.25) is 11.8 Å². The summed E-state index contributed by atoms with van der Waals surface area (Å²) in [6.07, 6.45) is 1.99. The van der Waals surface area contributed by atoms with E-state index in [-0.39, 0.29) is 41.7 Å². The number of hydrogen-bond acceptors (Lipinski definition) is 6. The van der Waals surface area contributed by atoms with Crippen molar-refractivity contribution in [2.75, 3.05) is 14.2 Å². The van der Waals surface area contributed by atoms with Crippen molar-refractivity contribution in [1.29, 1.82) is 0 Å². The Balaban J connectivity index is 1.77. The molecule has 11 heteroatoms. The fraction of sp³-hybridized carbons (Fsp3) is 0.538. The zero-order valence-electron chi connectivity index (χ0n) is 21.0. The zero-order valence-corrected chi connectivity index (χ0v) is 24.1. The first-order valence-corrected chi connectivity index (χ1v) is 13.5. The molecule has 198 valence electrons. The number of benzene rings is 1. The average molecular weight is 614 g/mol. The minimum Gasteiger partial charge on any atom is -0.504 e. The Bertz CT molecular complexity index is 1310. The number of phenolic OH excluding ortho intramolecular Hbond substituents is 1. The number of likely N-dealkylation sites (tertiary alicyclic amines) is 2. The number of imide groups is 2.